The van der Waals surface area contributed by atoms with Crippen LogP contribution in [0.2, 0.25) is 0 Å². The summed E-state index contributed by atoms with van der Waals surface area (Å²) < 4.78 is 28.4. The SMILES string of the molecule is O=C(Nc1ccc(OC(F)F)cc1)c1cnc(-c2cccs2)s1. The Balaban J connectivity index is 1.67. The monoisotopic (exact) mass is 352 g/mol. The number of nitrogens with zero attached hydrogens (tertiary/aromatic N) is 1. The van der Waals surface area contributed by atoms with Crippen molar-refractivity contribution >= 4 is 34.3 Å². The molecule has 3 rings (SSSR count). The molecule has 23 heavy (non-hydrogen) atoms. The van der Waals surface area contributed by atoms with Crippen LogP contribution in [-0.4, -0.2) is 17.5 Å². The first-order valence-electron chi connectivity index (χ1n) is 6.48. The number of alkyl halides is 2. The van der Waals surface area contributed by atoms with Crippen LogP contribution < -0.4 is 10.1 Å². The van der Waals surface area contributed by atoms with Gasteiger partial charge in [0.05, 0.1) is 11.1 Å². The quantitative estimate of drug-likeness (QED) is 0.722. The third-order valence-corrected chi connectivity index (χ3v) is 4.83. The van der Waals surface area contributed by atoms with E-state index in [4.69, 9.17) is 0 Å². The van der Waals surface area contributed by atoms with E-state index in [1.54, 1.807) is 11.3 Å². The number of thiazole rings is 1. The summed E-state index contributed by atoms with van der Waals surface area (Å²) in [6.45, 7) is -2.87. The Bertz CT molecular complexity index is 786. The molecular formula is C15H10F2N2O2S2. The van der Waals surface area contributed by atoms with E-state index in [0.29, 0.717) is 10.6 Å². The van der Waals surface area contributed by atoms with Gasteiger partial charge in [-0.05, 0) is 35.7 Å². The first-order chi connectivity index (χ1) is 11.1. The van der Waals surface area contributed by atoms with E-state index < -0.39 is 6.61 Å². The summed E-state index contributed by atoms with van der Waals surface area (Å²) in [6.07, 6.45) is 1.52. The molecule has 0 aliphatic carbocycles. The maximum Gasteiger partial charge on any atom is 0.387 e. The van der Waals surface area contributed by atoms with Gasteiger partial charge in [0.1, 0.15) is 15.6 Å². The lowest BCUT2D eigenvalue weighted by atomic mass is 10.3. The van der Waals surface area contributed by atoms with Crippen LogP contribution in [0.4, 0.5) is 14.5 Å². The smallest absolute Gasteiger partial charge is 0.387 e. The number of carbonyl (C=O) groups excluding carboxylic acids is 1. The van der Waals surface area contributed by atoms with Crippen LogP contribution in [0.3, 0.4) is 0 Å². The van der Waals surface area contributed by atoms with Crippen molar-refractivity contribution in [3.8, 4) is 15.6 Å². The van der Waals surface area contributed by atoms with Crippen LogP contribution in [0.5, 0.6) is 5.75 Å². The fraction of sp³-hybridized carbons (Fsp3) is 0.0667. The van der Waals surface area contributed by atoms with Crippen LogP contribution in [0.1, 0.15) is 9.67 Å². The summed E-state index contributed by atoms with van der Waals surface area (Å²) >= 11 is 2.85. The second-order valence-corrected chi connectivity index (χ2v) is 6.34. The summed E-state index contributed by atoms with van der Waals surface area (Å²) in [7, 11) is 0. The zero-order chi connectivity index (χ0) is 16.2. The molecule has 0 bridgehead atoms. The molecule has 0 saturated heterocycles. The van der Waals surface area contributed by atoms with Gasteiger partial charge >= 0.3 is 6.61 Å². The molecule has 2 heterocycles. The molecule has 0 unspecified atom stereocenters. The molecule has 0 spiro atoms. The van der Waals surface area contributed by atoms with Crippen molar-refractivity contribution in [2.24, 2.45) is 0 Å². The summed E-state index contributed by atoms with van der Waals surface area (Å²) in [4.78, 5) is 17.9. The third kappa shape index (κ3) is 3.91. The zero-order valence-corrected chi connectivity index (χ0v) is 13.2. The maximum atomic E-state index is 12.2. The molecule has 0 fully saturated rings. The van der Waals surface area contributed by atoms with Gasteiger partial charge in [0.25, 0.3) is 5.91 Å². The van der Waals surface area contributed by atoms with Crippen molar-refractivity contribution in [1.82, 2.24) is 4.98 Å². The van der Waals surface area contributed by atoms with E-state index >= 15 is 0 Å². The number of aromatic nitrogens is 1. The molecule has 0 aliphatic heterocycles. The Morgan fingerprint density at radius 1 is 1.22 bits per heavy atom. The highest BCUT2D eigenvalue weighted by atomic mass is 32.1. The molecule has 1 N–H and O–H groups in total. The fourth-order valence-electron chi connectivity index (χ4n) is 1.81. The molecule has 0 atom stereocenters. The minimum Gasteiger partial charge on any atom is -0.435 e. The van der Waals surface area contributed by atoms with E-state index in [1.807, 2.05) is 17.5 Å². The van der Waals surface area contributed by atoms with E-state index in [-0.39, 0.29) is 11.7 Å². The average molecular weight is 352 g/mol. The molecule has 8 heteroatoms. The molecule has 3 aromatic rings. The number of anilines is 1. The van der Waals surface area contributed by atoms with Crippen molar-refractivity contribution in [1.29, 1.82) is 0 Å². The van der Waals surface area contributed by atoms with E-state index in [2.05, 4.69) is 15.0 Å². The van der Waals surface area contributed by atoms with Crippen LogP contribution in [0.15, 0.2) is 48.0 Å². The summed E-state index contributed by atoms with van der Waals surface area (Å²) in [6, 6.07) is 9.59. The Hall–Kier alpha value is -2.32. The molecule has 118 valence electrons. The largest absolute Gasteiger partial charge is 0.435 e. The Labute approximate surface area is 138 Å². The number of hydrogen-bond acceptors (Lipinski definition) is 5. The zero-order valence-electron chi connectivity index (χ0n) is 11.5. The Morgan fingerprint density at radius 2 is 2.00 bits per heavy atom. The first kappa shape index (κ1) is 15.6. The summed E-state index contributed by atoms with van der Waals surface area (Å²) in [5.74, 6) is -0.261. The van der Waals surface area contributed by atoms with Gasteiger partial charge in [-0.3, -0.25) is 4.79 Å². The number of nitrogens with one attached hydrogen (secondary N) is 1. The third-order valence-electron chi connectivity index (χ3n) is 2.80. The molecule has 1 amide bonds. The van der Waals surface area contributed by atoms with Gasteiger partial charge in [0.2, 0.25) is 0 Å². The normalized spacial score (nSPS) is 10.7. The van der Waals surface area contributed by atoms with Gasteiger partial charge in [0.15, 0.2) is 0 Å². The molecule has 0 aliphatic rings. The fourth-order valence-corrected chi connectivity index (χ4v) is 3.42. The minimum atomic E-state index is -2.87. The van der Waals surface area contributed by atoms with Gasteiger partial charge in [-0.1, -0.05) is 6.07 Å². The number of carbonyl (C=O) groups is 1. The van der Waals surface area contributed by atoms with Crippen LogP contribution in [0, 0.1) is 0 Å². The molecule has 1 aromatic carbocycles. The number of benzene rings is 1. The highest BCUT2D eigenvalue weighted by molar-refractivity contribution is 7.22. The molecule has 0 saturated carbocycles. The van der Waals surface area contributed by atoms with Gasteiger partial charge in [-0.2, -0.15) is 8.78 Å². The van der Waals surface area contributed by atoms with Crippen molar-refractivity contribution < 1.29 is 18.3 Å². The summed E-state index contributed by atoms with van der Waals surface area (Å²) in [5.41, 5.74) is 0.489. The number of halogens is 2. The lowest BCUT2D eigenvalue weighted by Crippen LogP contribution is -2.10. The standard InChI is InChI=1S/C15H10F2N2O2S2/c16-15(17)21-10-5-3-9(4-6-10)19-13(20)12-8-18-14(23-12)11-2-1-7-22-11/h1-8,15H,(H,19,20). The number of amides is 1. The second kappa shape index (κ2) is 6.84. The number of hydrogen-bond donors (Lipinski definition) is 1. The van der Waals surface area contributed by atoms with Crippen molar-refractivity contribution in [3.63, 3.8) is 0 Å². The maximum absolute atomic E-state index is 12.2. The van der Waals surface area contributed by atoms with E-state index in [0.717, 1.165) is 9.88 Å². The Kier molecular flexibility index (Phi) is 4.63. The van der Waals surface area contributed by atoms with Crippen LogP contribution >= 0.6 is 22.7 Å². The minimum absolute atomic E-state index is 0.0378. The molecule has 4 nitrogen and oxygen atoms in total. The van der Waals surface area contributed by atoms with E-state index in [9.17, 15) is 13.6 Å². The van der Waals surface area contributed by atoms with Crippen molar-refractivity contribution in [2.45, 2.75) is 6.61 Å². The average Bonchev–Trinajstić information content (AvgIpc) is 3.19. The highest BCUT2D eigenvalue weighted by Crippen LogP contribution is 2.29. The van der Waals surface area contributed by atoms with Crippen molar-refractivity contribution in [3.05, 3.63) is 52.9 Å². The number of ether oxygens (including phenoxy) is 1. The lowest BCUT2D eigenvalue weighted by Gasteiger charge is -2.06. The number of rotatable bonds is 5. The predicted octanol–water partition coefficient (Wildman–Crippen LogP) is 4.73. The molecule has 2 aromatic heterocycles. The van der Waals surface area contributed by atoms with Crippen LogP contribution in [0.25, 0.3) is 9.88 Å². The van der Waals surface area contributed by atoms with Gasteiger partial charge in [-0.15, -0.1) is 22.7 Å². The molecular weight excluding hydrogens is 342 g/mol. The Morgan fingerprint density at radius 3 is 2.65 bits per heavy atom. The van der Waals surface area contributed by atoms with Crippen LogP contribution in [-0.2, 0) is 0 Å². The van der Waals surface area contributed by atoms with Gasteiger partial charge < -0.3 is 10.1 Å². The van der Waals surface area contributed by atoms with E-state index in [1.165, 1.54) is 41.8 Å². The highest BCUT2D eigenvalue weighted by Gasteiger charge is 2.13. The topological polar surface area (TPSA) is 51.2 Å². The number of thiophene rings is 1. The van der Waals surface area contributed by atoms with Gasteiger partial charge in [-0.25, -0.2) is 4.98 Å². The molecule has 0 radical (unpaired) electrons. The summed E-state index contributed by atoms with van der Waals surface area (Å²) in [5, 5.41) is 5.42. The first-order valence-corrected chi connectivity index (χ1v) is 8.17. The predicted molar refractivity (Wildman–Crippen MR) is 86.5 cm³/mol. The lowest BCUT2D eigenvalue weighted by molar-refractivity contribution is -0.0498. The second-order valence-electron chi connectivity index (χ2n) is 4.36. The van der Waals surface area contributed by atoms with Gasteiger partial charge in [0, 0.05) is 5.69 Å². The van der Waals surface area contributed by atoms with Crippen molar-refractivity contribution in [2.75, 3.05) is 5.32 Å².